The van der Waals surface area contributed by atoms with Crippen LogP contribution >= 0.6 is 11.6 Å². The van der Waals surface area contributed by atoms with Crippen molar-refractivity contribution in [2.75, 3.05) is 6.61 Å². The predicted octanol–water partition coefficient (Wildman–Crippen LogP) is 3.11. The fourth-order valence-corrected chi connectivity index (χ4v) is 2.86. The van der Waals surface area contributed by atoms with Gasteiger partial charge in [0.15, 0.2) is 0 Å². The molecule has 0 fully saturated rings. The molecule has 3 aromatic rings. The summed E-state index contributed by atoms with van der Waals surface area (Å²) in [6.45, 7) is 4.15. The van der Waals surface area contributed by atoms with E-state index in [1.54, 1.807) is 18.2 Å². The number of aromatic nitrogens is 2. The van der Waals surface area contributed by atoms with Crippen LogP contribution in [0.1, 0.15) is 11.1 Å². The highest BCUT2D eigenvalue weighted by Gasteiger charge is 2.11. The van der Waals surface area contributed by atoms with Gasteiger partial charge in [0, 0.05) is 5.02 Å². The Morgan fingerprint density at radius 1 is 1.24 bits per heavy atom. The largest absolute Gasteiger partial charge is 0.491 e. The van der Waals surface area contributed by atoms with Gasteiger partial charge >= 0.3 is 0 Å². The van der Waals surface area contributed by atoms with Crippen molar-refractivity contribution in [3.05, 3.63) is 69.2 Å². The lowest BCUT2D eigenvalue weighted by atomic mass is 10.1. The van der Waals surface area contributed by atoms with Crippen molar-refractivity contribution >= 4 is 22.5 Å². The van der Waals surface area contributed by atoms with E-state index in [1.165, 1.54) is 10.9 Å². The summed E-state index contributed by atoms with van der Waals surface area (Å²) in [6.07, 6.45) is 0.593. The molecule has 0 aliphatic rings. The number of fused-ring (bicyclic) bond motifs is 1. The van der Waals surface area contributed by atoms with E-state index in [1.807, 2.05) is 32.0 Å². The fourth-order valence-electron chi connectivity index (χ4n) is 2.69. The maximum Gasteiger partial charge on any atom is 0.261 e. The number of nitrogens with zero attached hydrogens (tertiary/aromatic N) is 2. The number of hydrogen-bond acceptors (Lipinski definition) is 4. The van der Waals surface area contributed by atoms with E-state index in [2.05, 4.69) is 4.98 Å². The van der Waals surface area contributed by atoms with Crippen LogP contribution in [-0.2, 0) is 6.54 Å². The summed E-state index contributed by atoms with van der Waals surface area (Å²) in [6, 6.07) is 10.8. The normalized spacial score (nSPS) is 12.3. The molecular weight excluding hydrogens is 340 g/mol. The number of benzene rings is 2. The number of aryl methyl sites for hydroxylation is 2. The molecule has 0 radical (unpaired) electrons. The number of ether oxygens (including phenoxy) is 1. The van der Waals surface area contributed by atoms with Gasteiger partial charge in [0.25, 0.3) is 5.56 Å². The minimum absolute atomic E-state index is 0.0872. The maximum atomic E-state index is 12.5. The van der Waals surface area contributed by atoms with Gasteiger partial charge in [0.2, 0.25) is 0 Å². The monoisotopic (exact) mass is 358 g/mol. The SMILES string of the molecule is Cc1ccc(OCC(O)Cn2cnc3ccc(Cl)cc3c2=O)c(C)c1. The van der Waals surface area contributed by atoms with Crippen molar-refractivity contribution in [2.45, 2.75) is 26.5 Å². The number of aliphatic hydroxyl groups is 1. The zero-order valence-electron chi connectivity index (χ0n) is 14.1. The zero-order chi connectivity index (χ0) is 18.0. The van der Waals surface area contributed by atoms with E-state index in [0.717, 1.165) is 16.9 Å². The lowest BCUT2D eigenvalue weighted by molar-refractivity contribution is 0.0911. The second-order valence-electron chi connectivity index (χ2n) is 6.10. The first kappa shape index (κ1) is 17.5. The van der Waals surface area contributed by atoms with Gasteiger partial charge in [0.05, 0.1) is 23.8 Å². The molecule has 130 valence electrons. The van der Waals surface area contributed by atoms with Crippen molar-refractivity contribution in [3.63, 3.8) is 0 Å². The minimum Gasteiger partial charge on any atom is -0.491 e. The molecule has 3 rings (SSSR count). The zero-order valence-corrected chi connectivity index (χ0v) is 14.8. The summed E-state index contributed by atoms with van der Waals surface area (Å²) in [5.41, 5.74) is 2.49. The Hall–Kier alpha value is -2.37. The van der Waals surface area contributed by atoms with Crippen molar-refractivity contribution in [3.8, 4) is 5.75 Å². The van der Waals surface area contributed by atoms with Crippen molar-refractivity contribution in [1.29, 1.82) is 0 Å². The minimum atomic E-state index is -0.836. The molecule has 0 saturated heterocycles. The lowest BCUT2D eigenvalue weighted by Crippen LogP contribution is -2.30. The summed E-state index contributed by atoms with van der Waals surface area (Å²) in [7, 11) is 0. The topological polar surface area (TPSA) is 64.3 Å². The molecule has 25 heavy (non-hydrogen) atoms. The third-order valence-electron chi connectivity index (χ3n) is 3.96. The van der Waals surface area contributed by atoms with Crippen LogP contribution in [-0.4, -0.2) is 27.4 Å². The Bertz CT molecular complexity index is 969. The Kier molecular flexibility index (Phi) is 5.06. The average molecular weight is 359 g/mol. The van der Waals surface area contributed by atoms with Crippen LogP contribution < -0.4 is 10.3 Å². The highest BCUT2D eigenvalue weighted by atomic mass is 35.5. The molecule has 0 aliphatic carbocycles. The first-order valence-corrected chi connectivity index (χ1v) is 8.34. The Balaban J connectivity index is 1.72. The quantitative estimate of drug-likeness (QED) is 0.761. The number of halogens is 1. The van der Waals surface area contributed by atoms with Crippen LogP contribution in [0.4, 0.5) is 0 Å². The highest BCUT2D eigenvalue weighted by Crippen LogP contribution is 2.19. The molecule has 0 saturated carbocycles. The van der Waals surface area contributed by atoms with Gasteiger partial charge in [-0.2, -0.15) is 0 Å². The molecule has 1 aromatic heterocycles. The van der Waals surface area contributed by atoms with Crippen LogP contribution in [0.5, 0.6) is 5.75 Å². The van der Waals surface area contributed by atoms with Gasteiger partial charge in [-0.25, -0.2) is 4.98 Å². The Labute approximate surface area is 150 Å². The second-order valence-corrected chi connectivity index (χ2v) is 6.53. The molecule has 0 spiro atoms. The van der Waals surface area contributed by atoms with Crippen LogP contribution in [0.2, 0.25) is 5.02 Å². The van der Waals surface area contributed by atoms with Crippen LogP contribution in [0.25, 0.3) is 10.9 Å². The van der Waals surface area contributed by atoms with Gasteiger partial charge in [-0.3, -0.25) is 9.36 Å². The van der Waals surface area contributed by atoms with Crippen molar-refractivity contribution in [1.82, 2.24) is 9.55 Å². The Morgan fingerprint density at radius 2 is 2.04 bits per heavy atom. The van der Waals surface area contributed by atoms with Gasteiger partial charge in [-0.1, -0.05) is 29.3 Å². The third-order valence-corrected chi connectivity index (χ3v) is 4.19. The highest BCUT2D eigenvalue weighted by molar-refractivity contribution is 6.31. The molecule has 0 amide bonds. The van der Waals surface area contributed by atoms with Gasteiger partial charge in [0.1, 0.15) is 18.5 Å². The van der Waals surface area contributed by atoms with Crippen molar-refractivity contribution in [2.24, 2.45) is 0 Å². The number of rotatable bonds is 5. The van der Waals surface area contributed by atoms with E-state index in [0.29, 0.717) is 15.9 Å². The molecule has 6 heteroatoms. The maximum absolute atomic E-state index is 12.5. The molecule has 2 aromatic carbocycles. The second kappa shape index (κ2) is 7.25. The number of hydrogen-bond donors (Lipinski definition) is 1. The Morgan fingerprint density at radius 3 is 2.80 bits per heavy atom. The van der Waals surface area contributed by atoms with Gasteiger partial charge in [-0.15, -0.1) is 0 Å². The van der Waals surface area contributed by atoms with E-state index in [-0.39, 0.29) is 18.7 Å². The molecule has 1 unspecified atom stereocenters. The predicted molar refractivity (Wildman–Crippen MR) is 98.4 cm³/mol. The van der Waals surface area contributed by atoms with Crippen LogP contribution in [0, 0.1) is 13.8 Å². The summed E-state index contributed by atoms with van der Waals surface area (Å²) >= 11 is 5.95. The van der Waals surface area contributed by atoms with Crippen molar-refractivity contribution < 1.29 is 9.84 Å². The van der Waals surface area contributed by atoms with E-state index < -0.39 is 6.10 Å². The molecule has 1 atom stereocenters. The molecule has 0 aliphatic heterocycles. The molecule has 1 N–H and O–H groups in total. The lowest BCUT2D eigenvalue weighted by Gasteiger charge is -2.15. The summed E-state index contributed by atoms with van der Waals surface area (Å²) in [5.74, 6) is 0.723. The van der Waals surface area contributed by atoms with Crippen LogP contribution in [0.3, 0.4) is 0 Å². The molecule has 5 nitrogen and oxygen atoms in total. The summed E-state index contributed by atoms with van der Waals surface area (Å²) in [4.78, 5) is 16.7. The van der Waals surface area contributed by atoms with Gasteiger partial charge in [-0.05, 0) is 43.7 Å². The molecular formula is C19H19ClN2O3. The molecule has 0 bridgehead atoms. The smallest absolute Gasteiger partial charge is 0.261 e. The summed E-state index contributed by atoms with van der Waals surface area (Å²) < 4.78 is 7.04. The third kappa shape index (κ3) is 4.00. The van der Waals surface area contributed by atoms with Crippen LogP contribution in [0.15, 0.2) is 47.5 Å². The first-order chi connectivity index (χ1) is 11.9. The van der Waals surface area contributed by atoms with Gasteiger partial charge < -0.3 is 9.84 Å². The van der Waals surface area contributed by atoms with E-state index >= 15 is 0 Å². The first-order valence-electron chi connectivity index (χ1n) is 7.97. The molecule has 1 heterocycles. The summed E-state index contributed by atoms with van der Waals surface area (Å²) in [5, 5.41) is 11.1. The standard InChI is InChI=1S/C19H19ClN2O3/c1-12-3-6-18(13(2)7-12)25-10-15(23)9-22-11-21-17-5-4-14(20)8-16(17)19(22)24/h3-8,11,15,23H,9-10H2,1-2H3. The average Bonchev–Trinajstić information content (AvgIpc) is 2.57. The fraction of sp³-hybridized carbons (Fsp3) is 0.263. The van der Waals surface area contributed by atoms with E-state index in [9.17, 15) is 9.90 Å². The number of aliphatic hydroxyl groups excluding tert-OH is 1. The van der Waals surface area contributed by atoms with E-state index in [4.69, 9.17) is 16.3 Å².